The molecular formula is C18H24N2O. The molecule has 1 N–H and O–H groups in total. The van der Waals surface area contributed by atoms with Gasteiger partial charge in [0.05, 0.1) is 0 Å². The second kappa shape index (κ2) is 5.36. The lowest BCUT2D eigenvalue weighted by atomic mass is 9.90. The van der Waals surface area contributed by atoms with Gasteiger partial charge in [-0.1, -0.05) is 12.5 Å². The molecule has 1 amide bonds. The molecule has 2 heterocycles. The fourth-order valence-corrected chi connectivity index (χ4v) is 4.57. The van der Waals surface area contributed by atoms with Crippen molar-refractivity contribution < 1.29 is 4.79 Å². The number of likely N-dealkylation sites (tertiary alicyclic amines) is 1. The molecule has 2 aliphatic heterocycles. The fourth-order valence-electron chi connectivity index (χ4n) is 4.57. The molecule has 0 radical (unpaired) electrons. The van der Waals surface area contributed by atoms with E-state index in [1.165, 1.54) is 43.4 Å². The third kappa shape index (κ3) is 2.23. The van der Waals surface area contributed by atoms with Gasteiger partial charge in [0.2, 0.25) is 0 Å². The average Bonchev–Trinajstić information content (AvgIpc) is 3.02. The number of hydrogen-bond acceptors (Lipinski definition) is 2. The van der Waals surface area contributed by atoms with Crippen molar-refractivity contribution in [3.63, 3.8) is 0 Å². The molecule has 3 nitrogen and oxygen atoms in total. The van der Waals surface area contributed by atoms with Crippen molar-refractivity contribution in [3.05, 3.63) is 29.3 Å². The van der Waals surface area contributed by atoms with E-state index in [9.17, 15) is 4.79 Å². The van der Waals surface area contributed by atoms with Gasteiger partial charge >= 0.3 is 0 Å². The smallest absolute Gasteiger partial charge is 0.254 e. The highest BCUT2D eigenvalue weighted by atomic mass is 16.2. The Morgan fingerprint density at radius 1 is 1.14 bits per heavy atom. The van der Waals surface area contributed by atoms with Gasteiger partial charge in [-0.15, -0.1) is 0 Å². The molecular weight excluding hydrogens is 260 g/mol. The minimum Gasteiger partial charge on any atom is -0.385 e. The number of benzene rings is 1. The normalized spacial score (nSPS) is 27.7. The Bertz CT molecular complexity index is 554. The van der Waals surface area contributed by atoms with Crippen LogP contribution < -0.4 is 5.32 Å². The van der Waals surface area contributed by atoms with Crippen LogP contribution in [-0.2, 0) is 6.42 Å². The van der Waals surface area contributed by atoms with Gasteiger partial charge < -0.3 is 10.2 Å². The number of nitrogens with zero attached hydrogens (tertiary/aromatic N) is 1. The Morgan fingerprint density at radius 2 is 2.05 bits per heavy atom. The number of carbonyl (C=O) groups excluding carboxylic acids is 1. The lowest BCUT2D eigenvalue weighted by Crippen LogP contribution is -2.46. The number of anilines is 1. The maximum atomic E-state index is 13.1. The predicted octanol–water partition coefficient (Wildman–Crippen LogP) is 3.45. The summed E-state index contributed by atoms with van der Waals surface area (Å²) in [5.41, 5.74) is 3.37. The molecule has 1 saturated carbocycles. The number of piperidine rings is 1. The molecule has 2 atom stereocenters. The standard InChI is InChI=1S/C18H24N2O/c21-18(20-12-4-6-13-5-1-10-17(13)20)15-7-2-9-16-14(15)8-3-11-19-16/h2,7,9,13,17,19H,1,3-6,8,10-12H2. The van der Waals surface area contributed by atoms with Crippen LogP contribution in [0.25, 0.3) is 0 Å². The summed E-state index contributed by atoms with van der Waals surface area (Å²) in [6.07, 6.45) is 8.50. The Kier molecular flexibility index (Phi) is 3.36. The number of fused-ring (bicyclic) bond motifs is 2. The number of carbonyl (C=O) groups is 1. The van der Waals surface area contributed by atoms with E-state index in [0.29, 0.717) is 6.04 Å². The maximum absolute atomic E-state index is 13.1. The average molecular weight is 284 g/mol. The predicted molar refractivity (Wildman–Crippen MR) is 84.7 cm³/mol. The molecule has 0 bridgehead atoms. The summed E-state index contributed by atoms with van der Waals surface area (Å²) in [6.45, 7) is 1.98. The maximum Gasteiger partial charge on any atom is 0.254 e. The summed E-state index contributed by atoms with van der Waals surface area (Å²) in [4.78, 5) is 15.3. The van der Waals surface area contributed by atoms with Gasteiger partial charge in [0, 0.05) is 30.4 Å². The highest BCUT2D eigenvalue weighted by Crippen LogP contribution is 2.38. The van der Waals surface area contributed by atoms with Crippen molar-refractivity contribution in [3.8, 4) is 0 Å². The van der Waals surface area contributed by atoms with Crippen LogP contribution >= 0.6 is 0 Å². The van der Waals surface area contributed by atoms with Crippen LogP contribution in [0.1, 0.15) is 54.4 Å². The fraction of sp³-hybridized carbons (Fsp3) is 0.611. The van der Waals surface area contributed by atoms with E-state index < -0.39 is 0 Å². The molecule has 3 aliphatic rings. The van der Waals surface area contributed by atoms with E-state index in [-0.39, 0.29) is 5.91 Å². The van der Waals surface area contributed by atoms with Crippen LogP contribution in [0.4, 0.5) is 5.69 Å². The molecule has 1 aliphatic carbocycles. The Hall–Kier alpha value is -1.51. The van der Waals surface area contributed by atoms with Gasteiger partial charge in [0.1, 0.15) is 0 Å². The summed E-state index contributed by atoms with van der Waals surface area (Å²) in [7, 11) is 0. The van der Waals surface area contributed by atoms with Gasteiger partial charge in [0.25, 0.3) is 5.91 Å². The molecule has 2 unspecified atom stereocenters. The van der Waals surface area contributed by atoms with E-state index >= 15 is 0 Å². The summed E-state index contributed by atoms with van der Waals surface area (Å²) in [5, 5.41) is 3.44. The molecule has 1 aromatic rings. The number of nitrogens with one attached hydrogen (secondary N) is 1. The Morgan fingerprint density at radius 3 is 3.00 bits per heavy atom. The zero-order chi connectivity index (χ0) is 14.2. The largest absolute Gasteiger partial charge is 0.385 e. The molecule has 4 rings (SSSR count). The quantitative estimate of drug-likeness (QED) is 0.856. The van der Waals surface area contributed by atoms with Crippen LogP contribution in [0.3, 0.4) is 0 Å². The molecule has 0 spiro atoms. The number of amides is 1. The lowest BCUT2D eigenvalue weighted by Gasteiger charge is -2.38. The zero-order valence-electron chi connectivity index (χ0n) is 12.6. The molecule has 21 heavy (non-hydrogen) atoms. The number of hydrogen-bond donors (Lipinski definition) is 1. The van der Waals surface area contributed by atoms with Gasteiger partial charge in [-0.3, -0.25) is 4.79 Å². The summed E-state index contributed by atoms with van der Waals surface area (Å²) < 4.78 is 0. The Labute approximate surface area is 126 Å². The van der Waals surface area contributed by atoms with Crippen molar-refractivity contribution in [1.82, 2.24) is 4.90 Å². The SMILES string of the molecule is O=C(c1cccc2c1CCCN2)N1CCCC2CCCC21. The van der Waals surface area contributed by atoms with E-state index in [2.05, 4.69) is 16.3 Å². The summed E-state index contributed by atoms with van der Waals surface area (Å²) >= 11 is 0. The van der Waals surface area contributed by atoms with E-state index in [0.717, 1.165) is 37.4 Å². The minimum atomic E-state index is 0.284. The van der Waals surface area contributed by atoms with Crippen LogP contribution in [0.15, 0.2) is 18.2 Å². The van der Waals surface area contributed by atoms with Gasteiger partial charge in [-0.2, -0.15) is 0 Å². The van der Waals surface area contributed by atoms with E-state index in [4.69, 9.17) is 0 Å². The lowest BCUT2D eigenvalue weighted by molar-refractivity contribution is 0.0547. The molecule has 3 heteroatoms. The topological polar surface area (TPSA) is 32.3 Å². The first kappa shape index (κ1) is 13.2. The summed E-state index contributed by atoms with van der Waals surface area (Å²) in [6, 6.07) is 6.69. The molecule has 0 aromatic heterocycles. The second-order valence-electron chi connectivity index (χ2n) is 6.76. The van der Waals surface area contributed by atoms with Crippen LogP contribution in [0, 0.1) is 5.92 Å². The van der Waals surface area contributed by atoms with Crippen LogP contribution in [-0.4, -0.2) is 29.9 Å². The summed E-state index contributed by atoms with van der Waals surface area (Å²) in [5.74, 6) is 1.05. The highest BCUT2D eigenvalue weighted by Gasteiger charge is 2.38. The van der Waals surface area contributed by atoms with Crippen molar-refractivity contribution in [1.29, 1.82) is 0 Å². The van der Waals surface area contributed by atoms with Gasteiger partial charge in [-0.25, -0.2) is 0 Å². The third-order valence-corrected chi connectivity index (χ3v) is 5.58. The first-order valence-electron chi connectivity index (χ1n) is 8.51. The van der Waals surface area contributed by atoms with Crippen molar-refractivity contribution >= 4 is 11.6 Å². The van der Waals surface area contributed by atoms with Crippen molar-refractivity contribution in [2.45, 2.75) is 51.0 Å². The van der Waals surface area contributed by atoms with Crippen molar-refractivity contribution in [2.24, 2.45) is 5.92 Å². The minimum absolute atomic E-state index is 0.284. The van der Waals surface area contributed by atoms with Crippen molar-refractivity contribution in [2.75, 3.05) is 18.4 Å². The zero-order valence-corrected chi connectivity index (χ0v) is 12.6. The van der Waals surface area contributed by atoms with Gasteiger partial charge in [-0.05, 0) is 62.1 Å². The first-order chi connectivity index (χ1) is 10.3. The monoisotopic (exact) mass is 284 g/mol. The molecule has 112 valence electrons. The number of rotatable bonds is 1. The van der Waals surface area contributed by atoms with Gasteiger partial charge in [0.15, 0.2) is 0 Å². The highest BCUT2D eigenvalue weighted by molar-refractivity contribution is 5.97. The second-order valence-corrected chi connectivity index (χ2v) is 6.76. The molecule has 2 fully saturated rings. The first-order valence-corrected chi connectivity index (χ1v) is 8.51. The van der Waals surface area contributed by atoms with Crippen LogP contribution in [0.2, 0.25) is 0 Å². The molecule has 1 saturated heterocycles. The third-order valence-electron chi connectivity index (χ3n) is 5.58. The molecule has 1 aromatic carbocycles. The Balaban J connectivity index is 1.65. The van der Waals surface area contributed by atoms with E-state index in [1.807, 2.05) is 12.1 Å². The van der Waals surface area contributed by atoms with Crippen LogP contribution in [0.5, 0.6) is 0 Å². The van der Waals surface area contributed by atoms with E-state index in [1.54, 1.807) is 0 Å².